The number of halogens is 2. The second-order valence-electron chi connectivity index (χ2n) is 20.1. The molecule has 7 N–H and O–H groups in total. The number of aliphatic hydroxyl groups is 5. The molecular weight excluding hydrogens is 867 g/mol. The van der Waals surface area contributed by atoms with E-state index >= 15 is 0 Å². The molecule has 0 unspecified atom stereocenters. The number of likely N-dealkylation sites (N-methyl/N-ethyl adjacent to an activating group) is 1. The maximum absolute atomic E-state index is 14.5. The van der Waals surface area contributed by atoms with Gasteiger partial charge in [-0.2, -0.15) is 0 Å². The molecule has 3 fully saturated rings. The van der Waals surface area contributed by atoms with Crippen molar-refractivity contribution in [3.05, 3.63) is 29.8 Å². The molecule has 1 aromatic rings. The van der Waals surface area contributed by atoms with E-state index in [-0.39, 0.29) is 62.6 Å². The molecule has 1 aromatic carbocycles. The summed E-state index contributed by atoms with van der Waals surface area (Å²) in [7, 11) is 5.19. The van der Waals surface area contributed by atoms with Gasteiger partial charge in [-0.3, -0.25) is 9.69 Å². The van der Waals surface area contributed by atoms with E-state index in [2.05, 4.69) is 10.6 Å². The summed E-state index contributed by atoms with van der Waals surface area (Å²) in [5.74, 6) is -5.20. The van der Waals surface area contributed by atoms with Crippen LogP contribution in [0.1, 0.15) is 101 Å². The first-order valence-corrected chi connectivity index (χ1v) is 23.4. The molecule has 3 aliphatic heterocycles. The van der Waals surface area contributed by atoms with Crippen LogP contribution in [0.15, 0.2) is 18.2 Å². The molecule has 4 rings (SSSR count). The van der Waals surface area contributed by atoms with Crippen molar-refractivity contribution in [2.45, 2.75) is 192 Å². The van der Waals surface area contributed by atoms with Gasteiger partial charge in [0.1, 0.15) is 30.0 Å². The highest BCUT2D eigenvalue weighted by atomic mass is 19.2. The second-order valence-corrected chi connectivity index (χ2v) is 20.1. The molecule has 19 heteroatoms. The Morgan fingerprint density at radius 1 is 0.970 bits per heavy atom. The zero-order chi connectivity index (χ0) is 49.6. The molecule has 66 heavy (non-hydrogen) atoms. The number of nitrogens with zero attached hydrogens (tertiary/aromatic N) is 2. The van der Waals surface area contributed by atoms with Crippen molar-refractivity contribution in [1.82, 2.24) is 15.1 Å². The monoisotopic (exact) mass is 947 g/mol. The van der Waals surface area contributed by atoms with Crippen molar-refractivity contribution in [3.8, 4) is 0 Å². The fourth-order valence-corrected chi connectivity index (χ4v) is 10.1. The van der Waals surface area contributed by atoms with Gasteiger partial charge in [0.25, 0.3) is 0 Å². The zero-order valence-corrected chi connectivity index (χ0v) is 41.2. The highest BCUT2D eigenvalue weighted by molar-refractivity contribution is 5.89. The van der Waals surface area contributed by atoms with Gasteiger partial charge in [-0.15, -0.1) is 0 Å². The molecule has 380 valence electrons. The number of ether oxygens (including phenoxy) is 6. The van der Waals surface area contributed by atoms with Crippen molar-refractivity contribution in [2.75, 3.05) is 46.2 Å². The number of anilines is 1. The Hall–Kier alpha value is -2.66. The summed E-state index contributed by atoms with van der Waals surface area (Å²) in [5, 5.41) is 64.8. The minimum absolute atomic E-state index is 0.0642. The molecule has 18 atom stereocenters. The Bertz CT molecular complexity index is 1730. The third kappa shape index (κ3) is 13.6. The first-order valence-electron chi connectivity index (χ1n) is 23.4. The molecule has 2 amide bonds. The maximum atomic E-state index is 14.5. The van der Waals surface area contributed by atoms with Crippen molar-refractivity contribution < 1.29 is 72.3 Å². The molecule has 3 saturated heterocycles. The Balaban J connectivity index is 1.73. The first-order chi connectivity index (χ1) is 30.7. The number of methoxy groups -OCH3 is 1. The summed E-state index contributed by atoms with van der Waals surface area (Å²) < 4.78 is 65.0. The second kappa shape index (κ2) is 23.3. The minimum Gasteiger partial charge on any atom is -0.459 e. The summed E-state index contributed by atoms with van der Waals surface area (Å²) in [6, 6.07) is 1.27. The molecule has 3 aliphatic rings. The van der Waals surface area contributed by atoms with E-state index in [1.807, 2.05) is 37.7 Å². The van der Waals surface area contributed by atoms with Gasteiger partial charge in [0.05, 0.1) is 41.5 Å². The number of benzene rings is 1. The molecule has 0 radical (unpaired) electrons. The Morgan fingerprint density at radius 2 is 1.64 bits per heavy atom. The normalized spacial score (nSPS) is 41.4. The summed E-state index contributed by atoms with van der Waals surface area (Å²) in [6.07, 6.45) is -9.17. The van der Waals surface area contributed by atoms with Crippen LogP contribution in [0, 0.1) is 29.4 Å². The number of urea groups is 1. The summed E-state index contributed by atoms with van der Waals surface area (Å²) >= 11 is 0. The van der Waals surface area contributed by atoms with Crippen LogP contribution in [-0.4, -0.2) is 178 Å². The lowest BCUT2D eigenvalue weighted by Gasteiger charge is -2.48. The van der Waals surface area contributed by atoms with E-state index in [0.717, 1.165) is 12.1 Å². The van der Waals surface area contributed by atoms with Crippen LogP contribution < -0.4 is 10.6 Å². The summed E-state index contributed by atoms with van der Waals surface area (Å²) in [6.45, 7) is 17.8. The fraction of sp³-hybridized carbons (Fsp3) is 0.830. The number of esters is 1. The van der Waals surface area contributed by atoms with Gasteiger partial charge in [0.15, 0.2) is 24.2 Å². The number of aliphatic hydroxyl groups excluding tert-OH is 3. The molecule has 17 nitrogen and oxygen atoms in total. The van der Waals surface area contributed by atoms with E-state index in [1.54, 1.807) is 48.5 Å². The van der Waals surface area contributed by atoms with E-state index in [0.29, 0.717) is 12.8 Å². The number of hydrogen-bond donors (Lipinski definition) is 7. The van der Waals surface area contributed by atoms with E-state index in [4.69, 9.17) is 28.4 Å². The van der Waals surface area contributed by atoms with Gasteiger partial charge in [-0.1, -0.05) is 20.8 Å². The number of cyclic esters (lactones) is 1. The lowest BCUT2D eigenvalue weighted by molar-refractivity contribution is -0.318. The molecule has 0 spiro atoms. The summed E-state index contributed by atoms with van der Waals surface area (Å²) in [5.41, 5.74) is -4.70. The minimum atomic E-state index is -1.97. The zero-order valence-electron chi connectivity index (χ0n) is 41.2. The Kier molecular flexibility index (Phi) is 19.7. The topological polar surface area (TPSA) is 221 Å². The van der Waals surface area contributed by atoms with Gasteiger partial charge in [-0.05, 0) is 106 Å². The standard InChI is InChI=1S/C47H80F2N4O13/c1-14-35-47(10,60)39(55)29(6)53(19-15-18-50-44(58)51-31-16-17-32(48)33(49)21-31)24-25(2)22-45(8,59)41(66-43-37(54)34(52(11)12)20-26(3)62-43)27(4)38(28(5)42(57)64-35)65-36-23-46(9,61-13)40(56)30(7)63-36/h16-17,21,25-30,34-41,43,54-56,59-60H,14-15,18-20,22-24H2,1-13H3,(H2,50,51,58)/t25-,26-,27+,28-,29-,30+,34+,35-,36+,37-,38+,39-,40+,41-,43+,45-,46-,47-/m1/s1. The predicted octanol–water partition coefficient (Wildman–Crippen LogP) is 3.76. The molecule has 0 saturated carbocycles. The molecule has 0 aliphatic carbocycles. The third-order valence-corrected chi connectivity index (χ3v) is 14.1. The number of hydrogen-bond acceptors (Lipinski definition) is 15. The van der Waals surface area contributed by atoms with Crippen LogP contribution in [0.3, 0.4) is 0 Å². The molecular formula is C47H80F2N4O13. The van der Waals surface area contributed by atoms with E-state index in [1.165, 1.54) is 20.1 Å². The Labute approximate surface area is 389 Å². The highest BCUT2D eigenvalue weighted by Gasteiger charge is 2.53. The number of rotatable bonds is 12. The smallest absolute Gasteiger partial charge is 0.319 e. The van der Waals surface area contributed by atoms with Gasteiger partial charge in [0, 0.05) is 62.9 Å². The fourth-order valence-electron chi connectivity index (χ4n) is 10.1. The van der Waals surface area contributed by atoms with Gasteiger partial charge in [-0.25, -0.2) is 13.6 Å². The Morgan fingerprint density at radius 3 is 2.24 bits per heavy atom. The first kappa shape index (κ1) is 55.9. The molecule has 0 aromatic heterocycles. The van der Waals surface area contributed by atoms with Crippen LogP contribution in [0.5, 0.6) is 0 Å². The van der Waals surface area contributed by atoms with Crippen molar-refractivity contribution in [2.24, 2.45) is 17.8 Å². The SMILES string of the molecule is CC[C@H]1OC(=O)[C@H](C)[C@@H](O[C@H]2C[C@@](C)(OC)[C@@H](O)[C@H](C)O2)[C@H](C)[C@@H](O[C@@H]2O[C@H](C)C[C@H](N(C)C)[C@H]2O)[C@](C)(O)C[C@@H](C)CN(CCCNC(=O)Nc2ccc(F)c(F)c2)[C@H](C)[C@@H](O)[C@]1(C)O. The molecule has 0 bridgehead atoms. The van der Waals surface area contributed by atoms with Crippen LogP contribution in [0.4, 0.5) is 19.3 Å². The lowest BCUT2D eigenvalue weighted by Crippen LogP contribution is -2.60. The molecule has 3 heterocycles. The van der Waals surface area contributed by atoms with Crippen LogP contribution in [0.25, 0.3) is 0 Å². The van der Waals surface area contributed by atoms with Gasteiger partial charge < -0.3 is 69.5 Å². The predicted molar refractivity (Wildman–Crippen MR) is 241 cm³/mol. The van der Waals surface area contributed by atoms with Crippen LogP contribution >= 0.6 is 0 Å². The lowest BCUT2D eigenvalue weighted by atomic mass is 9.77. The number of nitrogens with one attached hydrogen (secondary N) is 2. The average molecular weight is 947 g/mol. The number of carbonyl (C=O) groups is 2. The van der Waals surface area contributed by atoms with Crippen molar-refractivity contribution >= 4 is 17.7 Å². The van der Waals surface area contributed by atoms with Crippen molar-refractivity contribution in [3.63, 3.8) is 0 Å². The maximum Gasteiger partial charge on any atom is 0.319 e. The number of carbonyl (C=O) groups excluding carboxylic acids is 2. The van der Waals surface area contributed by atoms with Gasteiger partial charge in [0.2, 0.25) is 0 Å². The van der Waals surface area contributed by atoms with Crippen molar-refractivity contribution in [1.29, 1.82) is 0 Å². The summed E-state index contributed by atoms with van der Waals surface area (Å²) in [4.78, 5) is 31.0. The van der Waals surface area contributed by atoms with Crippen LogP contribution in [-0.2, 0) is 33.2 Å². The van der Waals surface area contributed by atoms with Gasteiger partial charge >= 0.3 is 12.0 Å². The largest absolute Gasteiger partial charge is 0.459 e. The van der Waals surface area contributed by atoms with Crippen LogP contribution in [0.2, 0.25) is 0 Å². The van der Waals surface area contributed by atoms with E-state index in [9.17, 15) is 43.9 Å². The quantitative estimate of drug-likeness (QED) is 0.117. The van der Waals surface area contributed by atoms with E-state index < -0.39 is 114 Å². The average Bonchev–Trinajstić information content (AvgIpc) is 3.24. The third-order valence-electron chi connectivity index (χ3n) is 14.1. The highest BCUT2D eigenvalue weighted by Crippen LogP contribution is 2.40. The number of amides is 2.